The van der Waals surface area contributed by atoms with Gasteiger partial charge < -0.3 is 10.2 Å². The number of nitrogens with one attached hydrogen (secondary N) is 1. The van der Waals surface area contributed by atoms with Crippen LogP contribution in [0.2, 0.25) is 15.1 Å². The van der Waals surface area contributed by atoms with Crippen molar-refractivity contribution in [3.05, 3.63) is 63.1 Å². The molecule has 0 radical (unpaired) electrons. The topological polar surface area (TPSA) is 86.8 Å². The highest BCUT2D eigenvalue weighted by atomic mass is 35.5. The van der Waals surface area contributed by atoms with Gasteiger partial charge in [-0.05, 0) is 37.0 Å². The molecule has 0 saturated heterocycles. The lowest BCUT2D eigenvalue weighted by Gasteiger charge is -2.33. The van der Waals surface area contributed by atoms with E-state index in [1.165, 1.54) is 17.0 Å². The van der Waals surface area contributed by atoms with Gasteiger partial charge >= 0.3 is 0 Å². The Balaban J connectivity index is 2.41. The van der Waals surface area contributed by atoms with E-state index in [4.69, 9.17) is 34.8 Å². The maximum Gasteiger partial charge on any atom is 0.244 e. The van der Waals surface area contributed by atoms with Crippen molar-refractivity contribution < 1.29 is 18.0 Å². The average Bonchev–Trinajstić information content (AvgIpc) is 2.81. The Bertz CT molecular complexity index is 1130. The largest absolute Gasteiger partial charge is 0.354 e. The van der Waals surface area contributed by atoms with Crippen LogP contribution in [0.15, 0.2) is 42.5 Å². The molecule has 7 nitrogen and oxygen atoms in total. The van der Waals surface area contributed by atoms with Gasteiger partial charge in [-0.2, -0.15) is 0 Å². The molecule has 2 rings (SSSR count). The van der Waals surface area contributed by atoms with E-state index < -0.39 is 28.5 Å². The first-order valence-corrected chi connectivity index (χ1v) is 14.2. The number of carbonyl (C=O) groups excluding carboxylic acids is 2. The van der Waals surface area contributed by atoms with E-state index in [2.05, 4.69) is 5.32 Å². The zero-order valence-corrected chi connectivity index (χ0v) is 23.0. The van der Waals surface area contributed by atoms with E-state index in [9.17, 15) is 18.0 Å². The fourth-order valence-corrected chi connectivity index (χ4v) is 5.11. The number of hydrogen-bond acceptors (Lipinski definition) is 4. The molecule has 0 aliphatic heterocycles. The monoisotopic (exact) mass is 561 g/mol. The van der Waals surface area contributed by atoms with Gasteiger partial charge in [0.25, 0.3) is 0 Å². The quantitative estimate of drug-likeness (QED) is 0.377. The third-order valence-corrected chi connectivity index (χ3v) is 7.51. The summed E-state index contributed by atoms with van der Waals surface area (Å²) in [6.07, 6.45) is 2.58. The summed E-state index contributed by atoms with van der Waals surface area (Å²) >= 11 is 18.4. The fraction of sp³-hybridized carbons (Fsp3) is 0.417. The van der Waals surface area contributed by atoms with Crippen LogP contribution in [0.4, 0.5) is 5.69 Å². The standard InChI is InChI=1S/C24H30Cl3N3O4S/c1-4-12-28-24(32)21(5-2)29(13-11-17-9-7-6-8-10-17)23(31)16-30(35(3,33)34)22-15-19(26)18(25)14-20(22)27/h6-10,14-15,21H,4-5,11-13,16H2,1-3H3,(H,28,32)/t21-/m1/s1. The summed E-state index contributed by atoms with van der Waals surface area (Å²) in [5.74, 6) is -0.818. The molecule has 0 fully saturated rings. The molecule has 0 spiro atoms. The normalized spacial score (nSPS) is 12.2. The number of nitrogens with zero attached hydrogens (tertiary/aromatic N) is 2. The maximum absolute atomic E-state index is 13.6. The highest BCUT2D eigenvalue weighted by molar-refractivity contribution is 7.92. The van der Waals surface area contributed by atoms with Crippen molar-refractivity contribution in [1.29, 1.82) is 0 Å². The van der Waals surface area contributed by atoms with Crippen LogP contribution in [0.3, 0.4) is 0 Å². The molecule has 0 saturated carbocycles. The number of anilines is 1. The first-order valence-electron chi connectivity index (χ1n) is 11.2. The molecule has 2 aromatic carbocycles. The number of hydrogen-bond donors (Lipinski definition) is 1. The summed E-state index contributed by atoms with van der Waals surface area (Å²) in [5.41, 5.74) is 1.02. The van der Waals surface area contributed by atoms with Crippen LogP contribution >= 0.6 is 34.8 Å². The minimum Gasteiger partial charge on any atom is -0.354 e. The lowest BCUT2D eigenvalue weighted by atomic mass is 10.1. The Morgan fingerprint density at radius 3 is 2.20 bits per heavy atom. The maximum atomic E-state index is 13.6. The smallest absolute Gasteiger partial charge is 0.244 e. The van der Waals surface area contributed by atoms with Gasteiger partial charge in [0.2, 0.25) is 21.8 Å². The SMILES string of the molecule is CCCNC(=O)[C@@H](CC)N(CCc1ccccc1)C(=O)CN(c1cc(Cl)c(Cl)cc1Cl)S(C)(=O)=O. The number of halogens is 3. The molecular weight excluding hydrogens is 533 g/mol. The minimum absolute atomic E-state index is 0.0289. The van der Waals surface area contributed by atoms with Crippen molar-refractivity contribution in [2.45, 2.75) is 39.2 Å². The molecule has 192 valence electrons. The zero-order valence-electron chi connectivity index (χ0n) is 19.9. The molecule has 11 heteroatoms. The van der Waals surface area contributed by atoms with E-state index in [1.54, 1.807) is 0 Å². The Kier molecular flexibility index (Phi) is 11.1. The Labute approximate surface area is 222 Å². The minimum atomic E-state index is -3.93. The van der Waals surface area contributed by atoms with E-state index in [1.807, 2.05) is 44.2 Å². The predicted octanol–water partition coefficient (Wildman–Crippen LogP) is 4.79. The van der Waals surface area contributed by atoms with Crippen LogP contribution in [0.5, 0.6) is 0 Å². The summed E-state index contributed by atoms with van der Waals surface area (Å²) in [5, 5.41) is 3.12. The summed E-state index contributed by atoms with van der Waals surface area (Å²) < 4.78 is 26.2. The van der Waals surface area contributed by atoms with Crippen LogP contribution in [-0.2, 0) is 26.0 Å². The van der Waals surface area contributed by atoms with Gasteiger partial charge in [0.15, 0.2) is 0 Å². The average molecular weight is 563 g/mol. The van der Waals surface area contributed by atoms with Crippen LogP contribution < -0.4 is 9.62 Å². The van der Waals surface area contributed by atoms with Gasteiger partial charge in [-0.25, -0.2) is 8.42 Å². The molecule has 0 bridgehead atoms. The molecule has 0 heterocycles. The second-order valence-corrected chi connectivity index (χ2v) is 11.2. The Hall–Kier alpha value is -2.00. The summed E-state index contributed by atoms with van der Waals surface area (Å²) in [7, 11) is -3.93. The van der Waals surface area contributed by atoms with Gasteiger partial charge in [-0.1, -0.05) is 79.0 Å². The molecule has 2 aromatic rings. The lowest BCUT2D eigenvalue weighted by molar-refractivity contribution is -0.139. The molecule has 1 atom stereocenters. The molecular formula is C24H30Cl3N3O4S. The van der Waals surface area contributed by atoms with Crippen molar-refractivity contribution in [1.82, 2.24) is 10.2 Å². The number of sulfonamides is 1. The first kappa shape index (κ1) is 29.2. The Morgan fingerprint density at radius 2 is 1.63 bits per heavy atom. The van der Waals surface area contributed by atoms with E-state index in [0.29, 0.717) is 19.4 Å². The predicted molar refractivity (Wildman–Crippen MR) is 143 cm³/mol. The van der Waals surface area contributed by atoms with Crippen molar-refractivity contribution >= 4 is 62.3 Å². The van der Waals surface area contributed by atoms with Gasteiger partial charge in [0, 0.05) is 13.1 Å². The summed E-state index contributed by atoms with van der Waals surface area (Å²) in [6, 6.07) is 11.4. The van der Waals surface area contributed by atoms with Gasteiger partial charge in [-0.15, -0.1) is 0 Å². The van der Waals surface area contributed by atoms with Crippen molar-refractivity contribution in [3.63, 3.8) is 0 Å². The number of rotatable bonds is 12. The van der Waals surface area contributed by atoms with Gasteiger partial charge in [0.1, 0.15) is 12.6 Å². The molecule has 35 heavy (non-hydrogen) atoms. The van der Waals surface area contributed by atoms with Crippen LogP contribution in [0.25, 0.3) is 0 Å². The molecule has 0 aliphatic carbocycles. The summed E-state index contributed by atoms with van der Waals surface area (Å²) in [4.78, 5) is 27.9. The third kappa shape index (κ3) is 8.27. The van der Waals surface area contributed by atoms with Crippen LogP contribution in [0.1, 0.15) is 32.3 Å². The first-order chi connectivity index (χ1) is 16.5. The van der Waals surface area contributed by atoms with E-state index >= 15 is 0 Å². The van der Waals surface area contributed by atoms with E-state index in [0.717, 1.165) is 22.5 Å². The molecule has 0 aliphatic rings. The third-order valence-electron chi connectivity index (χ3n) is 5.36. The molecule has 2 amide bonds. The highest BCUT2D eigenvalue weighted by Gasteiger charge is 2.32. The second-order valence-electron chi connectivity index (χ2n) is 8.03. The molecule has 1 N–H and O–H groups in total. The van der Waals surface area contributed by atoms with Gasteiger partial charge in [0.05, 0.1) is 27.0 Å². The van der Waals surface area contributed by atoms with Crippen molar-refractivity contribution in [3.8, 4) is 0 Å². The van der Waals surface area contributed by atoms with Crippen LogP contribution in [-0.4, -0.2) is 57.1 Å². The molecule has 0 unspecified atom stereocenters. The lowest BCUT2D eigenvalue weighted by Crippen LogP contribution is -2.53. The van der Waals surface area contributed by atoms with Crippen molar-refractivity contribution in [2.75, 3.05) is 30.2 Å². The van der Waals surface area contributed by atoms with Crippen LogP contribution in [0, 0.1) is 0 Å². The molecule has 0 aromatic heterocycles. The summed E-state index contributed by atoms with van der Waals surface area (Å²) in [6.45, 7) is 3.90. The van der Waals surface area contributed by atoms with E-state index in [-0.39, 0.29) is 33.2 Å². The Morgan fingerprint density at radius 1 is 1.00 bits per heavy atom. The highest BCUT2D eigenvalue weighted by Crippen LogP contribution is 2.35. The number of benzene rings is 2. The number of amides is 2. The van der Waals surface area contributed by atoms with Gasteiger partial charge in [-0.3, -0.25) is 13.9 Å². The fourth-order valence-electron chi connectivity index (χ4n) is 3.56. The zero-order chi connectivity index (χ0) is 26.2. The number of carbonyl (C=O) groups is 2. The second kappa shape index (κ2) is 13.3. The van der Waals surface area contributed by atoms with Crippen molar-refractivity contribution in [2.24, 2.45) is 0 Å².